The van der Waals surface area contributed by atoms with E-state index in [1.54, 1.807) is 13.0 Å². The van der Waals surface area contributed by atoms with Crippen molar-refractivity contribution in [2.45, 2.75) is 12.7 Å². The Hall–Kier alpha value is -0.460. The van der Waals surface area contributed by atoms with Crippen molar-refractivity contribution in [2.75, 3.05) is 12.3 Å². The first-order chi connectivity index (χ1) is 7.82. The van der Waals surface area contributed by atoms with Crippen LogP contribution in [0.25, 0.3) is 0 Å². The molecular weight excluding hydrogens is 309 g/mol. The molecule has 96 valence electrons. The molecule has 0 aliphatic rings. The normalized spacial score (nSPS) is 13.6. The van der Waals surface area contributed by atoms with E-state index in [0.29, 0.717) is 16.6 Å². The van der Waals surface area contributed by atoms with Gasteiger partial charge in [0, 0.05) is 4.47 Å². The molecule has 3 nitrogen and oxygen atoms in total. The van der Waals surface area contributed by atoms with E-state index >= 15 is 0 Å². The Labute approximate surface area is 109 Å². The fraction of sp³-hybridized carbons (Fsp3) is 0.455. The zero-order valence-electron chi connectivity index (χ0n) is 9.49. The highest BCUT2D eigenvalue weighted by molar-refractivity contribution is 9.10. The molecule has 0 spiro atoms. The van der Waals surface area contributed by atoms with Gasteiger partial charge in [-0.2, -0.15) is 0 Å². The maximum Gasteiger partial charge on any atom is 0.154 e. The molecule has 2 N–H and O–H groups in total. The average Bonchev–Trinajstić information content (AvgIpc) is 2.13. The fourth-order valence-electron chi connectivity index (χ4n) is 1.51. The highest BCUT2D eigenvalue weighted by Gasteiger charge is 2.16. The van der Waals surface area contributed by atoms with Gasteiger partial charge in [0.05, 0.1) is 11.5 Å². The third-order valence-electron chi connectivity index (χ3n) is 2.25. The Morgan fingerprint density at radius 1 is 1.41 bits per heavy atom. The minimum Gasteiger partial charge on any atom is -0.330 e. The Balaban J connectivity index is 2.83. The van der Waals surface area contributed by atoms with Gasteiger partial charge in [0.1, 0.15) is 5.82 Å². The maximum absolute atomic E-state index is 13.1. The molecule has 0 aliphatic heterocycles. The summed E-state index contributed by atoms with van der Waals surface area (Å²) >= 11 is 3.13. The van der Waals surface area contributed by atoms with Gasteiger partial charge in [-0.15, -0.1) is 0 Å². The van der Waals surface area contributed by atoms with Crippen molar-refractivity contribution in [1.29, 1.82) is 0 Å². The van der Waals surface area contributed by atoms with E-state index in [9.17, 15) is 12.8 Å². The fourth-order valence-corrected chi connectivity index (χ4v) is 3.82. The van der Waals surface area contributed by atoms with E-state index in [2.05, 4.69) is 15.9 Å². The summed E-state index contributed by atoms with van der Waals surface area (Å²) in [7, 11) is -3.25. The van der Waals surface area contributed by atoms with E-state index in [1.165, 1.54) is 12.1 Å². The first-order valence-corrected chi connectivity index (χ1v) is 7.79. The molecule has 17 heavy (non-hydrogen) atoms. The molecule has 1 unspecified atom stereocenters. The monoisotopic (exact) mass is 323 g/mol. The number of sulfone groups is 1. The molecule has 0 fully saturated rings. The number of hydrogen-bond acceptors (Lipinski definition) is 3. The van der Waals surface area contributed by atoms with E-state index in [4.69, 9.17) is 5.73 Å². The Bertz CT molecular complexity index is 470. The minimum atomic E-state index is -3.25. The molecule has 0 saturated heterocycles. The Kier molecular flexibility index (Phi) is 5.09. The highest BCUT2D eigenvalue weighted by atomic mass is 79.9. The van der Waals surface area contributed by atoms with Crippen molar-refractivity contribution in [3.63, 3.8) is 0 Å². The van der Waals surface area contributed by atoms with Gasteiger partial charge in [-0.05, 0) is 36.2 Å². The molecule has 1 atom stereocenters. The van der Waals surface area contributed by atoms with Gasteiger partial charge < -0.3 is 5.73 Å². The summed E-state index contributed by atoms with van der Waals surface area (Å²) in [6.45, 7) is 2.10. The molecule has 0 heterocycles. The summed E-state index contributed by atoms with van der Waals surface area (Å²) in [6, 6.07) is 4.13. The van der Waals surface area contributed by atoms with Crippen LogP contribution in [0.5, 0.6) is 0 Å². The highest BCUT2D eigenvalue weighted by Crippen LogP contribution is 2.17. The van der Waals surface area contributed by atoms with E-state index in [0.717, 1.165) is 0 Å². The molecule has 0 amide bonds. The third kappa shape index (κ3) is 5.14. The first-order valence-electron chi connectivity index (χ1n) is 5.18. The van der Waals surface area contributed by atoms with Crippen molar-refractivity contribution >= 4 is 25.8 Å². The van der Waals surface area contributed by atoms with Crippen LogP contribution in [0.2, 0.25) is 0 Å². The Morgan fingerprint density at radius 3 is 2.59 bits per heavy atom. The first kappa shape index (κ1) is 14.6. The van der Waals surface area contributed by atoms with Gasteiger partial charge >= 0.3 is 0 Å². The second-order valence-electron chi connectivity index (χ2n) is 4.17. The van der Waals surface area contributed by atoms with Crippen molar-refractivity contribution < 1.29 is 12.8 Å². The molecule has 0 bridgehead atoms. The Morgan fingerprint density at radius 2 is 2.06 bits per heavy atom. The molecule has 1 aromatic carbocycles. The number of benzene rings is 1. The lowest BCUT2D eigenvalue weighted by Crippen LogP contribution is -2.22. The molecular formula is C11H15BrFNO2S. The molecule has 0 radical (unpaired) electrons. The average molecular weight is 324 g/mol. The number of hydrogen-bond donors (Lipinski definition) is 1. The van der Waals surface area contributed by atoms with E-state index in [-0.39, 0.29) is 17.4 Å². The van der Waals surface area contributed by atoms with Crippen LogP contribution in [0.15, 0.2) is 22.7 Å². The lowest BCUT2D eigenvalue weighted by molar-refractivity contribution is 0.572. The van der Waals surface area contributed by atoms with Gasteiger partial charge in [0.25, 0.3) is 0 Å². The minimum absolute atomic E-state index is 0.0254. The lowest BCUT2D eigenvalue weighted by Gasteiger charge is -2.09. The SMILES string of the molecule is CC(CN)CS(=O)(=O)Cc1cc(F)cc(Br)c1. The van der Waals surface area contributed by atoms with Gasteiger partial charge in [-0.3, -0.25) is 0 Å². The van der Waals surface area contributed by atoms with Gasteiger partial charge in [0.2, 0.25) is 0 Å². The van der Waals surface area contributed by atoms with Crippen LogP contribution in [0, 0.1) is 11.7 Å². The second-order valence-corrected chi connectivity index (χ2v) is 7.20. The van der Waals surface area contributed by atoms with Crippen LogP contribution in [0.1, 0.15) is 12.5 Å². The van der Waals surface area contributed by atoms with Crippen LogP contribution < -0.4 is 5.73 Å². The number of halogens is 2. The van der Waals surface area contributed by atoms with Crippen LogP contribution in [0.3, 0.4) is 0 Å². The van der Waals surface area contributed by atoms with Gasteiger partial charge in [-0.1, -0.05) is 22.9 Å². The van der Waals surface area contributed by atoms with Gasteiger partial charge in [-0.25, -0.2) is 12.8 Å². The van der Waals surface area contributed by atoms with E-state index < -0.39 is 15.7 Å². The summed E-state index contributed by atoms with van der Waals surface area (Å²) in [5.74, 6) is -0.667. The predicted octanol–water partition coefficient (Wildman–Crippen LogP) is 2.10. The van der Waals surface area contributed by atoms with Crippen LogP contribution in [-0.2, 0) is 15.6 Å². The van der Waals surface area contributed by atoms with Crippen molar-refractivity contribution in [2.24, 2.45) is 11.7 Å². The van der Waals surface area contributed by atoms with Crippen LogP contribution >= 0.6 is 15.9 Å². The molecule has 6 heteroatoms. The van der Waals surface area contributed by atoms with Crippen LogP contribution in [-0.4, -0.2) is 20.7 Å². The second kappa shape index (κ2) is 5.93. The van der Waals surface area contributed by atoms with Gasteiger partial charge in [0.15, 0.2) is 9.84 Å². The summed E-state index contributed by atoms with van der Waals surface area (Å²) < 4.78 is 37.2. The smallest absolute Gasteiger partial charge is 0.154 e. The zero-order chi connectivity index (χ0) is 13.1. The maximum atomic E-state index is 13.1. The summed E-state index contributed by atoms with van der Waals surface area (Å²) in [5.41, 5.74) is 5.83. The molecule has 0 aliphatic carbocycles. The largest absolute Gasteiger partial charge is 0.330 e. The van der Waals surface area contributed by atoms with E-state index in [1.807, 2.05) is 0 Å². The third-order valence-corrected chi connectivity index (χ3v) is 4.56. The topological polar surface area (TPSA) is 60.2 Å². The molecule has 0 saturated carbocycles. The van der Waals surface area contributed by atoms with Crippen molar-refractivity contribution in [1.82, 2.24) is 0 Å². The summed E-state index contributed by atoms with van der Waals surface area (Å²) in [4.78, 5) is 0. The van der Waals surface area contributed by atoms with Crippen molar-refractivity contribution in [3.8, 4) is 0 Å². The predicted molar refractivity (Wildman–Crippen MR) is 69.8 cm³/mol. The number of rotatable bonds is 5. The zero-order valence-corrected chi connectivity index (χ0v) is 11.9. The van der Waals surface area contributed by atoms with Crippen molar-refractivity contribution in [3.05, 3.63) is 34.1 Å². The summed E-state index contributed by atoms with van der Waals surface area (Å²) in [6.07, 6.45) is 0. The van der Waals surface area contributed by atoms with Crippen LogP contribution in [0.4, 0.5) is 4.39 Å². The molecule has 1 aromatic rings. The number of nitrogens with two attached hydrogens (primary N) is 1. The molecule has 0 aromatic heterocycles. The lowest BCUT2D eigenvalue weighted by atomic mass is 10.2. The quantitative estimate of drug-likeness (QED) is 0.902. The molecule has 1 rings (SSSR count). The standard InChI is InChI=1S/C11H15BrFNO2S/c1-8(5-14)6-17(15,16)7-9-2-10(12)4-11(13)3-9/h2-4,8H,5-7,14H2,1H3. The summed E-state index contributed by atoms with van der Waals surface area (Å²) in [5, 5.41) is 0.